The lowest BCUT2D eigenvalue weighted by Gasteiger charge is -2.30. The number of likely N-dealkylation sites (tertiary alicyclic amines) is 2. The fraction of sp³-hybridized carbons (Fsp3) is 0.542. The number of benzene rings is 2. The smallest absolute Gasteiger partial charge is 0.407 e. The number of H-pyrrole nitrogens is 2. The Kier molecular flexibility index (Phi) is 15.3. The quantitative estimate of drug-likeness (QED) is 0.128. The number of nitrogens with one attached hydrogen (secondary N) is 4. The summed E-state index contributed by atoms with van der Waals surface area (Å²) in [4.78, 5) is 72.3. The predicted molar refractivity (Wildman–Crippen MR) is 241 cm³/mol. The number of rotatable bonds is 9. The molecular weight excluding hydrogens is 817 g/mol. The molecule has 5 atom stereocenters. The fourth-order valence-corrected chi connectivity index (χ4v) is 9.02. The monoisotopic (exact) mass is 880 g/mol. The highest BCUT2D eigenvalue weighted by Crippen LogP contribution is 2.39. The van der Waals surface area contributed by atoms with E-state index < -0.39 is 24.3 Å². The van der Waals surface area contributed by atoms with Crippen molar-refractivity contribution in [3.8, 4) is 39.4 Å². The van der Waals surface area contributed by atoms with Gasteiger partial charge in [0.25, 0.3) is 0 Å². The molecule has 5 heterocycles. The number of fused-ring (bicyclic) bond motifs is 7. The highest BCUT2D eigenvalue weighted by atomic mass is 16.5. The molecule has 2 saturated heterocycles. The van der Waals surface area contributed by atoms with E-state index in [0.29, 0.717) is 44.4 Å². The van der Waals surface area contributed by atoms with Crippen molar-refractivity contribution in [2.75, 3.05) is 40.5 Å². The highest BCUT2D eigenvalue weighted by molar-refractivity contribution is 5.87. The summed E-state index contributed by atoms with van der Waals surface area (Å²) in [5, 5.41) is 5.45. The Balaban J connectivity index is 1.11. The molecule has 16 nitrogen and oxygen atoms in total. The average Bonchev–Trinajstić information content (AvgIpc) is 4.14. The van der Waals surface area contributed by atoms with Gasteiger partial charge in [0, 0.05) is 31.7 Å². The van der Waals surface area contributed by atoms with Crippen molar-refractivity contribution in [2.24, 2.45) is 11.8 Å². The molecule has 16 heteroatoms. The summed E-state index contributed by atoms with van der Waals surface area (Å²) in [6.07, 6.45) is 10.6. The maximum absolute atomic E-state index is 14.2. The number of amides is 4. The van der Waals surface area contributed by atoms with Crippen LogP contribution in [0.5, 0.6) is 5.75 Å². The van der Waals surface area contributed by atoms with Crippen LogP contribution in [0.3, 0.4) is 0 Å². The second-order valence-electron chi connectivity index (χ2n) is 17.8. The molecule has 4 bridgehead atoms. The van der Waals surface area contributed by atoms with Crippen LogP contribution in [0.2, 0.25) is 0 Å². The molecule has 2 aromatic carbocycles. The van der Waals surface area contributed by atoms with Crippen LogP contribution in [0, 0.1) is 11.8 Å². The third-order valence-electron chi connectivity index (χ3n) is 12.6. The Labute approximate surface area is 375 Å². The van der Waals surface area contributed by atoms with Gasteiger partial charge in [0.2, 0.25) is 11.8 Å². The van der Waals surface area contributed by atoms with Crippen LogP contribution in [-0.2, 0) is 23.8 Å². The number of carbonyl (C=O) groups is 4. The van der Waals surface area contributed by atoms with E-state index in [1.54, 1.807) is 17.3 Å². The fourth-order valence-electron chi connectivity index (χ4n) is 9.02. The first-order valence-electron chi connectivity index (χ1n) is 22.8. The molecule has 3 aliphatic rings. The molecule has 64 heavy (non-hydrogen) atoms. The Hall–Kier alpha value is -5.90. The zero-order valence-corrected chi connectivity index (χ0v) is 38.0. The van der Waals surface area contributed by atoms with E-state index in [1.165, 1.54) is 14.2 Å². The maximum atomic E-state index is 14.2. The lowest BCUT2D eigenvalue weighted by Crippen LogP contribution is -2.51. The van der Waals surface area contributed by atoms with Crippen molar-refractivity contribution in [2.45, 2.75) is 116 Å². The number of imidazole rings is 2. The number of aromatic amines is 2. The largest absolute Gasteiger partial charge is 0.493 e. The molecule has 2 aromatic heterocycles. The standard InChI is InChI=1S/C48H64N8O8/c1-29(2)41(53-47(59)61-5)45(57)55-21-13-14-38(55)43-49-26-36(51-43)32-17-15-31(16-18-32)33-19-20-35-37-27-50-44(52-37)39-25-34(28-56(39)46(58)42(30(3)4)54-48(60)62-6)63-22-11-9-7-8-10-12-23-64-40(35)24-33/h15-20,24,26-27,29-30,34,38-39,41-42H,7-14,21-23,25,28H2,1-6H3,(H,49,51)(H,50,52)(H,53,59)(H,54,60)/t34-,38-,39-,41-,42-/m0/s1. The second kappa shape index (κ2) is 21.2. The average molecular weight is 881 g/mol. The minimum absolute atomic E-state index is 0.118. The van der Waals surface area contributed by atoms with Crippen LogP contribution in [0.25, 0.3) is 33.6 Å². The number of hydrogen-bond acceptors (Lipinski definition) is 10. The lowest BCUT2D eigenvalue weighted by atomic mass is 10.00. The molecule has 0 unspecified atom stereocenters. The zero-order valence-electron chi connectivity index (χ0n) is 38.0. The summed E-state index contributed by atoms with van der Waals surface area (Å²) in [5.41, 5.74) is 5.43. The van der Waals surface area contributed by atoms with Crippen LogP contribution in [0.1, 0.15) is 109 Å². The van der Waals surface area contributed by atoms with E-state index in [0.717, 1.165) is 90.8 Å². The number of ether oxygens (including phenoxy) is 4. The first-order valence-corrected chi connectivity index (χ1v) is 22.8. The number of hydrogen-bond donors (Lipinski definition) is 4. The summed E-state index contributed by atoms with van der Waals surface area (Å²) in [7, 11) is 2.58. The lowest BCUT2D eigenvalue weighted by molar-refractivity contribution is -0.136. The van der Waals surface area contributed by atoms with Crippen LogP contribution in [0.4, 0.5) is 9.59 Å². The van der Waals surface area contributed by atoms with E-state index in [-0.39, 0.29) is 41.8 Å². The summed E-state index contributed by atoms with van der Waals surface area (Å²) in [5.74, 6) is 1.45. The Bertz CT molecular complexity index is 2220. The molecule has 2 fully saturated rings. The number of carbonyl (C=O) groups excluding carboxylic acids is 4. The Morgan fingerprint density at radius 3 is 1.91 bits per heavy atom. The van der Waals surface area contributed by atoms with Gasteiger partial charge in [-0.15, -0.1) is 0 Å². The van der Waals surface area contributed by atoms with E-state index in [1.807, 2.05) is 38.7 Å². The number of alkyl carbamates (subject to hydrolysis) is 2. The Morgan fingerprint density at radius 2 is 1.25 bits per heavy atom. The minimum Gasteiger partial charge on any atom is -0.493 e. The summed E-state index contributed by atoms with van der Waals surface area (Å²) < 4.78 is 22.6. The van der Waals surface area contributed by atoms with Crippen LogP contribution in [-0.4, -0.2) is 112 Å². The van der Waals surface area contributed by atoms with E-state index in [4.69, 9.17) is 28.9 Å². The second-order valence-corrected chi connectivity index (χ2v) is 17.8. The third-order valence-corrected chi connectivity index (χ3v) is 12.6. The van der Waals surface area contributed by atoms with Crippen LogP contribution >= 0.6 is 0 Å². The van der Waals surface area contributed by atoms with Crippen molar-refractivity contribution in [1.29, 1.82) is 0 Å². The van der Waals surface area contributed by atoms with Crippen molar-refractivity contribution in [3.05, 3.63) is 66.5 Å². The van der Waals surface area contributed by atoms with Gasteiger partial charge in [0.1, 0.15) is 29.5 Å². The van der Waals surface area contributed by atoms with Gasteiger partial charge in [-0.2, -0.15) is 0 Å². The molecule has 0 spiro atoms. The van der Waals surface area contributed by atoms with Crippen molar-refractivity contribution < 1.29 is 38.1 Å². The van der Waals surface area contributed by atoms with E-state index >= 15 is 0 Å². The SMILES string of the molecule is COC(=O)N[C@H](C(=O)N1CCC[C@H]1c1ncc(-c2ccc(-c3ccc4c(c3)OCCCCCCCCO[C@H]3C[C@@H](c5ncc-4[nH]5)N(C(=O)[C@@H](NC(=O)OC)C(C)C)C3)cc2)[nH]1)C(C)C. The molecule has 0 radical (unpaired) electrons. The molecule has 4 N–H and O–H groups in total. The Morgan fingerprint density at radius 1 is 0.688 bits per heavy atom. The van der Waals surface area contributed by atoms with Gasteiger partial charge in [0.15, 0.2) is 0 Å². The maximum Gasteiger partial charge on any atom is 0.407 e. The first kappa shape index (κ1) is 46.1. The van der Waals surface area contributed by atoms with Gasteiger partial charge in [-0.25, -0.2) is 19.6 Å². The molecule has 0 saturated carbocycles. The molecule has 4 aromatic rings. The van der Waals surface area contributed by atoms with Gasteiger partial charge in [-0.05, 0) is 66.3 Å². The summed E-state index contributed by atoms with van der Waals surface area (Å²) in [6.45, 7) is 9.78. The summed E-state index contributed by atoms with van der Waals surface area (Å²) in [6, 6.07) is 12.4. The topological polar surface area (TPSA) is 193 Å². The normalized spacial score (nSPS) is 20.4. The van der Waals surface area contributed by atoms with E-state index in [2.05, 4.69) is 57.0 Å². The number of methoxy groups -OCH3 is 2. The molecule has 7 rings (SSSR count). The molecule has 4 amide bonds. The van der Waals surface area contributed by atoms with Crippen LogP contribution < -0.4 is 15.4 Å². The van der Waals surface area contributed by atoms with Gasteiger partial charge >= 0.3 is 12.2 Å². The van der Waals surface area contributed by atoms with Crippen LogP contribution in [0.15, 0.2) is 54.9 Å². The van der Waals surface area contributed by atoms with Gasteiger partial charge in [0.05, 0.1) is 62.8 Å². The number of nitrogens with zero attached hydrogens (tertiary/aromatic N) is 4. The van der Waals surface area contributed by atoms with Crippen molar-refractivity contribution >= 4 is 24.0 Å². The van der Waals surface area contributed by atoms with Gasteiger partial charge < -0.3 is 49.3 Å². The van der Waals surface area contributed by atoms with Crippen molar-refractivity contribution in [3.63, 3.8) is 0 Å². The number of aromatic nitrogens is 4. The first-order chi connectivity index (χ1) is 30.9. The zero-order chi connectivity index (χ0) is 45.3. The van der Waals surface area contributed by atoms with Crippen molar-refractivity contribution in [1.82, 2.24) is 40.4 Å². The van der Waals surface area contributed by atoms with Gasteiger partial charge in [-0.3, -0.25) is 9.59 Å². The molecule has 344 valence electrons. The predicted octanol–water partition coefficient (Wildman–Crippen LogP) is 7.95. The summed E-state index contributed by atoms with van der Waals surface area (Å²) >= 11 is 0. The molecule has 0 aliphatic carbocycles. The van der Waals surface area contributed by atoms with E-state index in [9.17, 15) is 19.2 Å². The van der Waals surface area contributed by atoms with Gasteiger partial charge in [-0.1, -0.05) is 83.7 Å². The third kappa shape index (κ3) is 10.7. The molecule has 3 aliphatic heterocycles. The minimum atomic E-state index is -0.773. The molecular formula is C48H64N8O8. The highest BCUT2D eigenvalue weighted by Gasteiger charge is 2.42.